The van der Waals surface area contributed by atoms with Gasteiger partial charge in [-0.25, -0.2) is 4.39 Å². The van der Waals surface area contributed by atoms with Gasteiger partial charge in [-0.2, -0.15) is 0 Å². The molecule has 0 bridgehead atoms. The second-order valence-corrected chi connectivity index (χ2v) is 6.21. The second-order valence-electron chi connectivity index (χ2n) is 6.21. The Hall–Kier alpha value is -0.930. The van der Waals surface area contributed by atoms with Gasteiger partial charge in [0.2, 0.25) is 0 Å². The topological polar surface area (TPSA) is 21.3 Å². The van der Waals surface area contributed by atoms with Crippen molar-refractivity contribution in [3.05, 3.63) is 34.6 Å². The largest absolute Gasteiger partial charge is 0.378 e. The lowest BCUT2D eigenvalue weighted by Crippen LogP contribution is -2.30. The van der Waals surface area contributed by atoms with E-state index >= 15 is 0 Å². The lowest BCUT2D eigenvalue weighted by Gasteiger charge is -2.29. The normalized spacial score (nSPS) is 20.5. The zero-order valence-corrected chi connectivity index (χ0v) is 13.5. The summed E-state index contributed by atoms with van der Waals surface area (Å²) in [5.74, 6) is -0.0862. The van der Waals surface area contributed by atoms with Gasteiger partial charge in [-0.1, -0.05) is 13.0 Å². The number of nitrogens with one attached hydrogen (secondary N) is 1. The first-order valence-electron chi connectivity index (χ1n) is 8.23. The molecule has 2 atom stereocenters. The molecule has 3 heteroatoms. The van der Waals surface area contributed by atoms with Crippen LogP contribution in [0.4, 0.5) is 4.39 Å². The number of aryl methyl sites for hydroxylation is 2. The Bertz CT molecular complexity index is 432. The SMILES string of the molecule is CCCNC(CC1CCCCO1)c1c(C)cc(C)cc1F. The predicted octanol–water partition coefficient (Wildman–Crippen LogP) is 4.44. The maximum absolute atomic E-state index is 14.5. The van der Waals surface area contributed by atoms with Crippen LogP contribution in [0.15, 0.2) is 12.1 Å². The second kappa shape index (κ2) is 7.90. The fraction of sp³-hybridized carbons (Fsp3) is 0.667. The van der Waals surface area contributed by atoms with Crippen molar-refractivity contribution in [2.24, 2.45) is 0 Å². The van der Waals surface area contributed by atoms with Crippen LogP contribution >= 0.6 is 0 Å². The summed E-state index contributed by atoms with van der Waals surface area (Å²) in [7, 11) is 0. The first kappa shape index (κ1) is 16.4. The van der Waals surface area contributed by atoms with Gasteiger partial charge in [0, 0.05) is 18.2 Å². The van der Waals surface area contributed by atoms with Gasteiger partial charge < -0.3 is 10.1 Å². The molecule has 0 aliphatic carbocycles. The first-order chi connectivity index (χ1) is 10.1. The van der Waals surface area contributed by atoms with Gasteiger partial charge in [-0.15, -0.1) is 0 Å². The number of hydrogen-bond donors (Lipinski definition) is 1. The van der Waals surface area contributed by atoms with E-state index in [1.807, 2.05) is 13.8 Å². The zero-order valence-electron chi connectivity index (χ0n) is 13.5. The highest BCUT2D eigenvalue weighted by Crippen LogP contribution is 2.29. The summed E-state index contributed by atoms with van der Waals surface area (Å²) in [6.45, 7) is 7.84. The van der Waals surface area contributed by atoms with E-state index in [9.17, 15) is 4.39 Å². The molecule has 1 aromatic rings. The molecule has 2 unspecified atom stereocenters. The maximum atomic E-state index is 14.5. The third-order valence-corrected chi connectivity index (χ3v) is 4.24. The summed E-state index contributed by atoms with van der Waals surface area (Å²) < 4.78 is 20.3. The number of hydrogen-bond acceptors (Lipinski definition) is 2. The Morgan fingerprint density at radius 3 is 2.76 bits per heavy atom. The van der Waals surface area contributed by atoms with Gasteiger partial charge in [-0.05, 0) is 69.7 Å². The molecule has 1 aromatic carbocycles. The van der Waals surface area contributed by atoms with Crippen LogP contribution in [0.3, 0.4) is 0 Å². The van der Waals surface area contributed by atoms with Gasteiger partial charge in [0.15, 0.2) is 0 Å². The predicted molar refractivity (Wildman–Crippen MR) is 85.1 cm³/mol. The van der Waals surface area contributed by atoms with E-state index in [4.69, 9.17) is 4.74 Å². The van der Waals surface area contributed by atoms with Crippen molar-refractivity contribution < 1.29 is 9.13 Å². The highest BCUT2D eigenvalue weighted by molar-refractivity contribution is 5.34. The van der Waals surface area contributed by atoms with Gasteiger partial charge in [0.05, 0.1) is 6.10 Å². The average Bonchev–Trinajstić information content (AvgIpc) is 2.44. The van der Waals surface area contributed by atoms with E-state index in [1.54, 1.807) is 6.07 Å². The molecule has 0 amide bonds. The van der Waals surface area contributed by atoms with E-state index in [-0.39, 0.29) is 18.0 Å². The van der Waals surface area contributed by atoms with Crippen molar-refractivity contribution in [3.63, 3.8) is 0 Å². The minimum atomic E-state index is -0.0862. The fourth-order valence-corrected chi connectivity index (χ4v) is 3.25. The Labute approximate surface area is 128 Å². The molecule has 0 radical (unpaired) electrons. The lowest BCUT2D eigenvalue weighted by atomic mass is 9.92. The molecule has 1 aliphatic rings. The molecular weight excluding hydrogens is 265 g/mol. The van der Waals surface area contributed by atoms with Crippen LogP contribution in [0.1, 0.15) is 61.8 Å². The number of rotatable bonds is 6. The summed E-state index contributed by atoms with van der Waals surface area (Å²) in [4.78, 5) is 0. The van der Waals surface area contributed by atoms with Crippen molar-refractivity contribution in [2.75, 3.05) is 13.2 Å². The van der Waals surface area contributed by atoms with E-state index < -0.39 is 0 Å². The number of benzene rings is 1. The molecular formula is C18H28FNO. The summed E-state index contributed by atoms with van der Waals surface area (Å²) in [6, 6.07) is 3.76. The quantitative estimate of drug-likeness (QED) is 0.837. The van der Waals surface area contributed by atoms with Crippen LogP contribution in [0, 0.1) is 19.7 Å². The average molecular weight is 293 g/mol. The molecule has 1 N–H and O–H groups in total. The molecule has 118 valence electrons. The summed E-state index contributed by atoms with van der Waals surface area (Å²) in [6.07, 6.45) is 5.64. The highest BCUT2D eigenvalue weighted by Gasteiger charge is 2.24. The van der Waals surface area contributed by atoms with Gasteiger partial charge in [0.1, 0.15) is 5.82 Å². The van der Waals surface area contributed by atoms with E-state index in [0.717, 1.165) is 55.5 Å². The van der Waals surface area contributed by atoms with Crippen molar-refractivity contribution in [2.45, 2.75) is 65.0 Å². The maximum Gasteiger partial charge on any atom is 0.128 e. The summed E-state index contributed by atoms with van der Waals surface area (Å²) in [5, 5.41) is 3.51. The van der Waals surface area contributed by atoms with Crippen LogP contribution in [0.25, 0.3) is 0 Å². The van der Waals surface area contributed by atoms with E-state index in [1.165, 1.54) is 6.42 Å². The van der Waals surface area contributed by atoms with Crippen LogP contribution < -0.4 is 5.32 Å². The first-order valence-corrected chi connectivity index (χ1v) is 8.23. The number of ether oxygens (including phenoxy) is 1. The summed E-state index contributed by atoms with van der Waals surface area (Å²) in [5.41, 5.74) is 2.84. The third kappa shape index (κ3) is 4.52. The molecule has 1 heterocycles. The van der Waals surface area contributed by atoms with Crippen molar-refractivity contribution in [1.82, 2.24) is 5.32 Å². The molecule has 21 heavy (non-hydrogen) atoms. The number of halogens is 1. The van der Waals surface area contributed by atoms with Crippen LogP contribution in [-0.4, -0.2) is 19.3 Å². The third-order valence-electron chi connectivity index (χ3n) is 4.24. The van der Waals surface area contributed by atoms with Gasteiger partial charge in [-0.3, -0.25) is 0 Å². The van der Waals surface area contributed by atoms with Crippen LogP contribution in [0.5, 0.6) is 0 Å². The molecule has 1 fully saturated rings. The van der Waals surface area contributed by atoms with Crippen LogP contribution in [0.2, 0.25) is 0 Å². The van der Waals surface area contributed by atoms with E-state index in [0.29, 0.717) is 0 Å². The highest BCUT2D eigenvalue weighted by atomic mass is 19.1. The van der Waals surface area contributed by atoms with Crippen molar-refractivity contribution >= 4 is 0 Å². The minimum absolute atomic E-state index is 0.0497. The Balaban J connectivity index is 2.18. The molecule has 0 spiro atoms. The molecule has 2 rings (SSSR count). The van der Waals surface area contributed by atoms with E-state index in [2.05, 4.69) is 18.3 Å². The molecule has 1 saturated heterocycles. The zero-order chi connectivity index (χ0) is 15.2. The Morgan fingerprint density at radius 1 is 1.33 bits per heavy atom. The Kier molecular flexibility index (Phi) is 6.19. The monoisotopic (exact) mass is 293 g/mol. The van der Waals surface area contributed by atoms with Crippen molar-refractivity contribution in [1.29, 1.82) is 0 Å². The molecule has 2 nitrogen and oxygen atoms in total. The van der Waals surface area contributed by atoms with Crippen LogP contribution in [-0.2, 0) is 4.74 Å². The Morgan fingerprint density at radius 2 is 2.14 bits per heavy atom. The molecule has 0 saturated carbocycles. The molecule has 0 aromatic heterocycles. The smallest absolute Gasteiger partial charge is 0.128 e. The summed E-state index contributed by atoms with van der Waals surface area (Å²) >= 11 is 0. The van der Waals surface area contributed by atoms with Gasteiger partial charge in [0.25, 0.3) is 0 Å². The van der Waals surface area contributed by atoms with Gasteiger partial charge >= 0.3 is 0 Å². The fourth-order valence-electron chi connectivity index (χ4n) is 3.25. The molecule has 1 aliphatic heterocycles. The van der Waals surface area contributed by atoms with Crippen molar-refractivity contribution in [3.8, 4) is 0 Å². The minimum Gasteiger partial charge on any atom is -0.378 e. The lowest BCUT2D eigenvalue weighted by molar-refractivity contribution is 0.00482. The standard InChI is InChI=1S/C18H28FNO/c1-4-8-20-17(12-15-7-5-6-9-21-15)18-14(3)10-13(2)11-16(18)19/h10-11,15,17,20H,4-9,12H2,1-3H3.